The SMILES string of the molecule is CCn1nc(NC(=O)Cn2cnc3ccccc32)c2ccccc21. The van der Waals surface area contributed by atoms with Crippen LogP contribution in [-0.2, 0) is 17.9 Å². The fourth-order valence-corrected chi connectivity index (χ4v) is 2.92. The summed E-state index contributed by atoms with van der Waals surface area (Å²) in [6.07, 6.45) is 1.69. The normalized spacial score (nSPS) is 11.2. The maximum Gasteiger partial charge on any atom is 0.245 e. The lowest BCUT2D eigenvalue weighted by atomic mass is 10.2. The van der Waals surface area contributed by atoms with Gasteiger partial charge in [0, 0.05) is 11.9 Å². The molecule has 0 aliphatic rings. The molecule has 0 spiro atoms. The van der Waals surface area contributed by atoms with Crippen molar-refractivity contribution in [1.29, 1.82) is 0 Å². The summed E-state index contributed by atoms with van der Waals surface area (Å²) in [6, 6.07) is 15.7. The van der Waals surface area contributed by atoms with Crippen LogP contribution in [0.25, 0.3) is 21.9 Å². The van der Waals surface area contributed by atoms with E-state index in [-0.39, 0.29) is 12.5 Å². The number of imidazole rings is 1. The van der Waals surface area contributed by atoms with Gasteiger partial charge in [-0.25, -0.2) is 4.98 Å². The number of carbonyl (C=O) groups excluding carboxylic acids is 1. The maximum atomic E-state index is 12.5. The summed E-state index contributed by atoms with van der Waals surface area (Å²) in [5.74, 6) is 0.478. The third kappa shape index (κ3) is 2.42. The largest absolute Gasteiger partial charge is 0.321 e. The number of nitrogens with zero attached hydrogens (tertiary/aromatic N) is 4. The monoisotopic (exact) mass is 319 g/mol. The van der Waals surface area contributed by atoms with E-state index in [1.54, 1.807) is 6.33 Å². The first-order chi connectivity index (χ1) is 11.8. The molecule has 0 saturated heterocycles. The first-order valence-electron chi connectivity index (χ1n) is 7.91. The van der Waals surface area contributed by atoms with Gasteiger partial charge in [0.1, 0.15) is 6.54 Å². The van der Waals surface area contributed by atoms with Crippen LogP contribution in [0.5, 0.6) is 0 Å². The molecule has 6 nitrogen and oxygen atoms in total. The van der Waals surface area contributed by atoms with Crippen molar-refractivity contribution in [1.82, 2.24) is 19.3 Å². The third-order valence-corrected chi connectivity index (χ3v) is 4.06. The summed E-state index contributed by atoms with van der Waals surface area (Å²) < 4.78 is 3.72. The molecule has 0 unspecified atom stereocenters. The number of nitrogens with one attached hydrogen (secondary N) is 1. The molecule has 120 valence electrons. The predicted molar refractivity (Wildman–Crippen MR) is 93.8 cm³/mol. The van der Waals surface area contributed by atoms with E-state index in [9.17, 15) is 4.79 Å². The van der Waals surface area contributed by atoms with Crippen LogP contribution in [0.3, 0.4) is 0 Å². The molecule has 1 amide bonds. The molecule has 4 rings (SSSR count). The Morgan fingerprint density at radius 1 is 1.08 bits per heavy atom. The van der Waals surface area contributed by atoms with Gasteiger partial charge >= 0.3 is 0 Å². The van der Waals surface area contributed by atoms with E-state index in [0.717, 1.165) is 28.5 Å². The summed E-state index contributed by atoms with van der Waals surface area (Å²) in [6.45, 7) is 2.99. The van der Waals surface area contributed by atoms with E-state index in [4.69, 9.17) is 0 Å². The van der Waals surface area contributed by atoms with Crippen molar-refractivity contribution in [3.05, 3.63) is 54.9 Å². The third-order valence-electron chi connectivity index (χ3n) is 4.06. The van der Waals surface area contributed by atoms with Gasteiger partial charge in [-0.1, -0.05) is 24.3 Å². The van der Waals surface area contributed by atoms with E-state index in [2.05, 4.69) is 15.4 Å². The maximum absolute atomic E-state index is 12.5. The Kier molecular flexibility index (Phi) is 3.49. The van der Waals surface area contributed by atoms with Crippen LogP contribution in [0.1, 0.15) is 6.92 Å². The molecular weight excluding hydrogens is 302 g/mol. The molecule has 6 heteroatoms. The van der Waals surface area contributed by atoms with E-state index in [1.807, 2.05) is 64.7 Å². The van der Waals surface area contributed by atoms with Crippen molar-refractivity contribution in [2.24, 2.45) is 0 Å². The zero-order chi connectivity index (χ0) is 16.5. The van der Waals surface area contributed by atoms with Crippen molar-refractivity contribution in [3.63, 3.8) is 0 Å². The molecule has 0 aliphatic heterocycles. The highest BCUT2D eigenvalue weighted by atomic mass is 16.2. The highest BCUT2D eigenvalue weighted by Crippen LogP contribution is 2.22. The molecule has 2 heterocycles. The standard InChI is InChI=1S/C18H17N5O/c1-2-23-15-9-5-3-7-13(15)18(21-23)20-17(24)11-22-12-19-14-8-4-6-10-16(14)22/h3-10,12H,2,11H2,1H3,(H,20,21,24). The van der Waals surface area contributed by atoms with Crippen LogP contribution >= 0.6 is 0 Å². The molecule has 0 atom stereocenters. The Bertz CT molecular complexity index is 1030. The zero-order valence-corrected chi connectivity index (χ0v) is 13.3. The Balaban J connectivity index is 1.60. The summed E-state index contributed by atoms with van der Waals surface area (Å²) in [7, 11) is 0. The molecule has 1 N–H and O–H groups in total. The van der Waals surface area contributed by atoms with E-state index in [0.29, 0.717) is 5.82 Å². The topological polar surface area (TPSA) is 64.7 Å². The number of hydrogen-bond donors (Lipinski definition) is 1. The number of aryl methyl sites for hydroxylation is 1. The number of fused-ring (bicyclic) bond motifs is 2. The second-order valence-corrected chi connectivity index (χ2v) is 5.59. The molecule has 0 saturated carbocycles. The van der Waals surface area contributed by atoms with Gasteiger partial charge in [0.25, 0.3) is 0 Å². The smallest absolute Gasteiger partial charge is 0.245 e. The van der Waals surface area contributed by atoms with Crippen LogP contribution < -0.4 is 5.32 Å². The quantitative estimate of drug-likeness (QED) is 0.629. The average molecular weight is 319 g/mol. The van der Waals surface area contributed by atoms with Crippen molar-refractivity contribution >= 4 is 33.7 Å². The summed E-state index contributed by atoms with van der Waals surface area (Å²) >= 11 is 0. The number of carbonyl (C=O) groups is 1. The predicted octanol–water partition coefficient (Wildman–Crippen LogP) is 3.04. The van der Waals surface area contributed by atoms with Gasteiger partial charge in [-0.15, -0.1) is 0 Å². The van der Waals surface area contributed by atoms with Crippen molar-refractivity contribution in [2.75, 3.05) is 5.32 Å². The van der Waals surface area contributed by atoms with E-state index in [1.165, 1.54) is 0 Å². The number of amides is 1. The number of para-hydroxylation sites is 3. The minimum Gasteiger partial charge on any atom is -0.321 e. The fourth-order valence-electron chi connectivity index (χ4n) is 2.92. The molecule has 0 aliphatic carbocycles. The highest BCUT2D eigenvalue weighted by Gasteiger charge is 2.13. The summed E-state index contributed by atoms with van der Waals surface area (Å²) in [5.41, 5.74) is 2.84. The van der Waals surface area contributed by atoms with Gasteiger partial charge in [-0.05, 0) is 31.2 Å². The first kappa shape index (κ1) is 14.4. The minimum atomic E-state index is -0.121. The van der Waals surface area contributed by atoms with Crippen LogP contribution in [0.4, 0.5) is 5.82 Å². The molecular formula is C18H17N5O. The van der Waals surface area contributed by atoms with Crippen molar-refractivity contribution in [3.8, 4) is 0 Å². The van der Waals surface area contributed by atoms with Gasteiger partial charge in [-0.2, -0.15) is 5.10 Å². The molecule has 2 aromatic heterocycles. The fraction of sp³-hybridized carbons (Fsp3) is 0.167. The molecule has 0 radical (unpaired) electrons. The lowest BCUT2D eigenvalue weighted by Crippen LogP contribution is -2.18. The van der Waals surface area contributed by atoms with E-state index >= 15 is 0 Å². The second kappa shape index (κ2) is 5.81. The van der Waals surface area contributed by atoms with Gasteiger partial charge in [0.05, 0.1) is 22.9 Å². The Labute approximate surface area is 138 Å². The van der Waals surface area contributed by atoms with Gasteiger partial charge in [0.15, 0.2) is 5.82 Å². The highest BCUT2D eigenvalue weighted by molar-refractivity contribution is 6.00. The average Bonchev–Trinajstić information content (AvgIpc) is 3.17. The number of hydrogen-bond acceptors (Lipinski definition) is 3. The second-order valence-electron chi connectivity index (χ2n) is 5.59. The number of anilines is 1. The van der Waals surface area contributed by atoms with E-state index < -0.39 is 0 Å². The van der Waals surface area contributed by atoms with Crippen molar-refractivity contribution in [2.45, 2.75) is 20.0 Å². The first-order valence-corrected chi connectivity index (χ1v) is 7.91. The molecule has 2 aromatic carbocycles. The molecule has 4 aromatic rings. The van der Waals surface area contributed by atoms with Gasteiger partial charge in [0.2, 0.25) is 5.91 Å². The summed E-state index contributed by atoms with van der Waals surface area (Å²) in [5, 5.41) is 8.37. The Morgan fingerprint density at radius 3 is 2.67 bits per heavy atom. The Hall–Kier alpha value is -3.15. The lowest BCUT2D eigenvalue weighted by molar-refractivity contribution is -0.116. The summed E-state index contributed by atoms with van der Waals surface area (Å²) in [4.78, 5) is 16.8. The number of rotatable bonds is 4. The minimum absolute atomic E-state index is 0.121. The number of aromatic nitrogens is 4. The van der Waals surface area contributed by atoms with Crippen molar-refractivity contribution < 1.29 is 4.79 Å². The molecule has 24 heavy (non-hydrogen) atoms. The molecule has 0 fully saturated rings. The zero-order valence-electron chi connectivity index (χ0n) is 13.3. The van der Waals surface area contributed by atoms with Crippen LogP contribution in [0.2, 0.25) is 0 Å². The van der Waals surface area contributed by atoms with Crippen LogP contribution in [0, 0.1) is 0 Å². The van der Waals surface area contributed by atoms with Gasteiger partial charge in [-0.3, -0.25) is 9.48 Å². The number of benzene rings is 2. The van der Waals surface area contributed by atoms with Gasteiger partial charge < -0.3 is 9.88 Å². The Morgan fingerprint density at radius 2 is 1.83 bits per heavy atom. The van der Waals surface area contributed by atoms with Crippen LogP contribution in [0.15, 0.2) is 54.9 Å². The molecule has 0 bridgehead atoms. The van der Waals surface area contributed by atoms with Crippen LogP contribution in [-0.4, -0.2) is 25.2 Å². The lowest BCUT2D eigenvalue weighted by Gasteiger charge is -2.05.